The van der Waals surface area contributed by atoms with Gasteiger partial charge in [0.1, 0.15) is 5.04 Å². The van der Waals surface area contributed by atoms with Gasteiger partial charge in [-0.1, -0.05) is 29.8 Å². The van der Waals surface area contributed by atoms with Crippen molar-refractivity contribution in [1.82, 2.24) is 0 Å². The average molecular weight is 274 g/mol. The molecule has 0 atom stereocenters. The molecule has 0 aliphatic carbocycles. The van der Waals surface area contributed by atoms with Gasteiger partial charge in [0.2, 0.25) is 5.12 Å². The minimum Gasteiger partial charge on any atom is -0.281 e. The van der Waals surface area contributed by atoms with E-state index in [1.807, 2.05) is 36.4 Å². The predicted molar refractivity (Wildman–Crippen MR) is 76.0 cm³/mol. The number of fused-ring (bicyclic) bond motifs is 1. The molecule has 4 heteroatoms. The Morgan fingerprint density at radius 2 is 1.61 bits per heavy atom. The Labute approximate surface area is 114 Å². The summed E-state index contributed by atoms with van der Waals surface area (Å²) in [5.74, 6) is 0. The molecule has 88 valence electrons. The monoisotopic (exact) mass is 273 g/mol. The molecule has 3 rings (SSSR count). The molecule has 0 radical (unpaired) electrons. The fraction of sp³-hybridized carbons (Fsp3) is 0. The van der Waals surface area contributed by atoms with Gasteiger partial charge in [0.15, 0.2) is 0 Å². The largest absolute Gasteiger partial charge is 0.281 e. The third-order valence-corrected chi connectivity index (χ3v) is 3.79. The number of rotatable bonds is 1. The van der Waals surface area contributed by atoms with Crippen molar-refractivity contribution in [2.24, 2.45) is 4.99 Å². The topological polar surface area (TPSA) is 29.4 Å². The van der Waals surface area contributed by atoms with Crippen LogP contribution in [0.5, 0.6) is 0 Å². The minimum absolute atomic E-state index is 0.0540. The summed E-state index contributed by atoms with van der Waals surface area (Å²) in [5.41, 5.74) is 2.43. The van der Waals surface area contributed by atoms with Crippen molar-refractivity contribution in [3.8, 4) is 0 Å². The second-order valence-corrected chi connectivity index (χ2v) is 5.23. The molecular formula is C14H8ClNOS. The summed E-state index contributed by atoms with van der Waals surface area (Å²) < 4.78 is 0. The van der Waals surface area contributed by atoms with Crippen LogP contribution in [0.1, 0.15) is 15.9 Å². The molecule has 0 saturated carbocycles. The van der Waals surface area contributed by atoms with Crippen LogP contribution in [-0.4, -0.2) is 10.2 Å². The van der Waals surface area contributed by atoms with Crippen LogP contribution in [0.4, 0.5) is 5.69 Å². The van der Waals surface area contributed by atoms with E-state index in [0.29, 0.717) is 5.02 Å². The molecule has 2 nitrogen and oxygen atoms in total. The normalized spacial score (nSPS) is 16.1. The van der Waals surface area contributed by atoms with Gasteiger partial charge in [-0.05, 0) is 42.1 Å². The molecule has 1 aliphatic rings. The molecule has 0 fully saturated rings. The first-order valence-corrected chi connectivity index (χ1v) is 6.59. The summed E-state index contributed by atoms with van der Waals surface area (Å²) in [6, 6.07) is 14.8. The highest BCUT2D eigenvalue weighted by atomic mass is 35.5. The number of hydrogen-bond donors (Lipinski definition) is 0. The van der Waals surface area contributed by atoms with E-state index in [2.05, 4.69) is 4.99 Å². The molecular weight excluding hydrogens is 266 g/mol. The lowest BCUT2D eigenvalue weighted by atomic mass is 10.1. The van der Waals surface area contributed by atoms with Crippen LogP contribution < -0.4 is 0 Å². The van der Waals surface area contributed by atoms with Crippen LogP contribution in [0.2, 0.25) is 5.02 Å². The number of carbonyl (C=O) groups excluding carboxylic acids is 1. The first-order chi connectivity index (χ1) is 8.74. The zero-order chi connectivity index (χ0) is 12.5. The highest BCUT2D eigenvalue weighted by Crippen LogP contribution is 2.32. The number of carbonyl (C=O) groups is 1. The number of halogens is 1. The molecule has 0 unspecified atom stereocenters. The first kappa shape index (κ1) is 11.5. The van der Waals surface area contributed by atoms with E-state index >= 15 is 0 Å². The molecule has 0 N–H and O–H groups in total. The van der Waals surface area contributed by atoms with Crippen molar-refractivity contribution in [1.29, 1.82) is 0 Å². The number of nitrogens with zero attached hydrogens (tertiary/aromatic N) is 1. The van der Waals surface area contributed by atoms with Gasteiger partial charge >= 0.3 is 0 Å². The maximum Gasteiger partial charge on any atom is 0.226 e. The highest BCUT2D eigenvalue weighted by molar-refractivity contribution is 8.27. The maximum atomic E-state index is 11.8. The van der Waals surface area contributed by atoms with E-state index in [-0.39, 0.29) is 5.12 Å². The van der Waals surface area contributed by atoms with Crippen molar-refractivity contribution < 1.29 is 4.79 Å². The average Bonchev–Trinajstić information content (AvgIpc) is 2.70. The zero-order valence-corrected chi connectivity index (χ0v) is 10.8. The lowest BCUT2D eigenvalue weighted by Gasteiger charge is -1.98. The molecule has 0 amide bonds. The maximum absolute atomic E-state index is 11.8. The molecule has 0 spiro atoms. The van der Waals surface area contributed by atoms with Crippen LogP contribution in [0.25, 0.3) is 0 Å². The van der Waals surface area contributed by atoms with E-state index in [1.165, 1.54) is 11.8 Å². The van der Waals surface area contributed by atoms with Gasteiger partial charge in [-0.2, -0.15) is 0 Å². The molecule has 2 aromatic rings. The second kappa shape index (κ2) is 4.59. The third kappa shape index (κ3) is 2.07. The van der Waals surface area contributed by atoms with Crippen LogP contribution in [0.3, 0.4) is 0 Å². The number of thioether (sulfide) groups is 1. The van der Waals surface area contributed by atoms with Gasteiger partial charge in [-0.3, -0.25) is 4.79 Å². The molecule has 1 heterocycles. The zero-order valence-electron chi connectivity index (χ0n) is 9.26. The molecule has 18 heavy (non-hydrogen) atoms. The van der Waals surface area contributed by atoms with Crippen molar-refractivity contribution in [3.05, 3.63) is 64.7 Å². The number of aliphatic imine (C=N–C) groups is 1. The SMILES string of the molecule is O=C1SC(=Nc2ccc(Cl)cc2)c2ccccc21. The lowest BCUT2D eigenvalue weighted by molar-refractivity contribution is 0.109. The van der Waals surface area contributed by atoms with Gasteiger partial charge in [-0.15, -0.1) is 0 Å². The fourth-order valence-corrected chi connectivity index (χ4v) is 2.79. The molecule has 2 aromatic carbocycles. The Hall–Kier alpha value is -1.58. The van der Waals surface area contributed by atoms with Crippen molar-refractivity contribution in [3.63, 3.8) is 0 Å². The smallest absolute Gasteiger partial charge is 0.226 e. The number of benzene rings is 2. The quantitative estimate of drug-likeness (QED) is 0.775. The van der Waals surface area contributed by atoms with Gasteiger partial charge in [0.05, 0.1) is 5.69 Å². The lowest BCUT2D eigenvalue weighted by Crippen LogP contribution is -1.89. The van der Waals surface area contributed by atoms with E-state index < -0.39 is 0 Å². The van der Waals surface area contributed by atoms with Crippen LogP contribution in [0, 0.1) is 0 Å². The summed E-state index contributed by atoms with van der Waals surface area (Å²) in [6.07, 6.45) is 0. The van der Waals surface area contributed by atoms with Crippen LogP contribution in [0.15, 0.2) is 53.5 Å². The molecule has 0 aromatic heterocycles. The van der Waals surface area contributed by atoms with E-state index in [4.69, 9.17) is 11.6 Å². The third-order valence-electron chi connectivity index (χ3n) is 2.62. The second-order valence-electron chi connectivity index (χ2n) is 3.83. The Bertz CT molecular complexity index is 649. The highest BCUT2D eigenvalue weighted by Gasteiger charge is 2.25. The van der Waals surface area contributed by atoms with Gasteiger partial charge < -0.3 is 0 Å². The molecule has 0 bridgehead atoms. The van der Waals surface area contributed by atoms with E-state index in [1.54, 1.807) is 12.1 Å². The van der Waals surface area contributed by atoms with Gasteiger partial charge in [-0.25, -0.2) is 4.99 Å². The summed E-state index contributed by atoms with van der Waals surface area (Å²) in [5, 5.41) is 1.48. The van der Waals surface area contributed by atoms with Gasteiger partial charge in [0.25, 0.3) is 0 Å². The Kier molecular flexibility index (Phi) is 2.94. The Balaban J connectivity index is 2.04. The minimum atomic E-state index is 0.0540. The number of hydrogen-bond acceptors (Lipinski definition) is 3. The summed E-state index contributed by atoms with van der Waals surface area (Å²) in [4.78, 5) is 16.3. The molecule has 0 saturated heterocycles. The summed E-state index contributed by atoms with van der Waals surface area (Å²) in [6.45, 7) is 0. The van der Waals surface area contributed by atoms with E-state index in [9.17, 15) is 4.79 Å². The van der Waals surface area contributed by atoms with Crippen LogP contribution >= 0.6 is 23.4 Å². The van der Waals surface area contributed by atoms with Crippen molar-refractivity contribution in [2.45, 2.75) is 0 Å². The first-order valence-electron chi connectivity index (χ1n) is 5.40. The van der Waals surface area contributed by atoms with Gasteiger partial charge in [0, 0.05) is 16.1 Å². The Morgan fingerprint density at radius 1 is 0.944 bits per heavy atom. The predicted octanol–water partition coefficient (Wildman–Crippen LogP) is 4.31. The molecule has 1 aliphatic heterocycles. The van der Waals surface area contributed by atoms with Crippen molar-refractivity contribution in [2.75, 3.05) is 0 Å². The van der Waals surface area contributed by atoms with Crippen molar-refractivity contribution >= 4 is 39.2 Å². The fourth-order valence-electron chi connectivity index (χ4n) is 1.76. The Morgan fingerprint density at radius 3 is 2.33 bits per heavy atom. The summed E-state index contributed by atoms with van der Waals surface area (Å²) >= 11 is 7.00. The summed E-state index contributed by atoms with van der Waals surface area (Å²) in [7, 11) is 0. The van der Waals surface area contributed by atoms with Crippen LogP contribution in [-0.2, 0) is 0 Å². The standard InChI is InChI=1S/C14H8ClNOS/c15-9-5-7-10(8-6-9)16-13-11-3-1-2-4-12(11)14(17)18-13/h1-8H. The van der Waals surface area contributed by atoms with E-state index in [0.717, 1.165) is 21.9 Å².